The van der Waals surface area contributed by atoms with Crippen LogP contribution in [-0.4, -0.2) is 23.0 Å². The number of benzene rings is 1. The molecule has 0 spiro atoms. The normalized spacial score (nSPS) is 11.5. The molecular weight excluding hydrogens is 194 g/mol. The minimum absolute atomic E-state index is 0.342. The van der Waals surface area contributed by atoms with Crippen molar-refractivity contribution in [3.63, 3.8) is 0 Å². The van der Waals surface area contributed by atoms with Crippen LogP contribution in [0.3, 0.4) is 0 Å². The molecule has 0 aliphatic heterocycles. The SMILES string of the molecule is C=CC(=O)NC(O)C(=O)c1ccccc1. The summed E-state index contributed by atoms with van der Waals surface area (Å²) in [6.07, 6.45) is -0.542. The van der Waals surface area contributed by atoms with Crippen molar-refractivity contribution in [2.45, 2.75) is 6.23 Å². The minimum atomic E-state index is -1.53. The fourth-order valence-electron chi connectivity index (χ4n) is 1.02. The zero-order valence-electron chi connectivity index (χ0n) is 8.01. The smallest absolute Gasteiger partial charge is 0.245 e. The third kappa shape index (κ3) is 3.03. The van der Waals surface area contributed by atoms with Crippen LogP contribution in [0.25, 0.3) is 0 Å². The number of rotatable bonds is 4. The molecule has 78 valence electrons. The lowest BCUT2D eigenvalue weighted by Gasteiger charge is -2.09. The number of nitrogens with one attached hydrogen (secondary N) is 1. The van der Waals surface area contributed by atoms with E-state index in [1.54, 1.807) is 30.3 Å². The zero-order valence-corrected chi connectivity index (χ0v) is 8.01. The lowest BCUT2D eigenvalue weighted by molar-refractivity contribution is -0.118. The number of carbonyl (C=O) groups is 2. The van der Waals surface area contributed by atoms with Crippen LogP contribution >= 0.6 is 0 Å². The van der Waals surface area contributed by atoms with Crippen molar-refractivity contribution >= 4 is 11.7 Å². The Morgan fingerprint density at radius 3 is 2.47 bits per heavy atom. The lowest BCUT2D eigenvalue weighted by Crippen LogP contribution is -2.39. The molecule has 15 heavy (non-hydrogen) atoms. The van der Waals surface area contributed by atoms with Crippen molar-refractivity contribution in [3.05, 3.63) is 48.6 Å². The molecule has 0 saturated carbocycles. The average Bonchev–Trinajstić information content (AvgIpc) is 2.29. The van der Waals surface area contributed by atoms with E-state index in [1.807, 2.05) is 0 Å². The van der Waals surface area contributed by atoms with Crippen LogP contribution in [0.4, 0.5) is 0 Å². The van der Waals surface area contributed by atoms with Crippen molar-refractivity contribution in [2.24, 2.45) is 0 Å². The second kappa shape index (κ2) is 5.07. The van der Waals surface area contributed by atoms with Gasteiger partial charge in [0.15, 0.2) is 6.23 Å². The van der Waals surface area contributed by atoms with Crippen molar-refractivity contribution in [3.8, 4) is 0 Å². The van der Waals surface area contributed by atoms with Crippen LogP contribution in [0, 0.1) is 0 Å². The van der Waals surface area contributed by atoms with Crippen molar-refractivity contribution in [2.75, 3.05) is 0 Å². The van der Waals surface area contributed by atoms with E-state index in [0.29, 0.717) is 5.56 Å². The molecule has 1 unspecified atom stereocenters. The summed E-state index contributed by atoms with van der Waals surface area (Å²) in [5, 5.41) is 11.4. The standard InChI is InChI=1S/C11H11NO3/c1-2-9(13)12-11(15)10(14)8-6-4-3-5-7-8/h2-7,11,15H,1H2,(H,12,13). The van der Waals surface area contributed by atoms with Gasteiger partial charge in [0.1, 0.15) is 0 Å². The lowest BCUT2D eigenvalue weighted by atomic mass is 10.1. The number of aliphatic hydroxyl groups is 1. The minimum Gasteiger partial charge on any atom is -0.367 e. The molecule has 0 aliphatic rings. The predicted octanol–water partition coefficient (Wildman–Crippen LogP) is 0.490. The molecular formula is C11H11NO3. The van der Waals surface area contributed by atoms with Gasteiger partial charge in [-0.3, -0.25) is 9.59 Å². The van der Waals surface area contributed by atoms with Crippen LogP contribution in [0.15, 0.2) is 43.0 Å². The highest BCUT2D eigenvalue weighted by molar-refractivity contribution is 6.01. The van der Waals surface area contributed by atoms with Crippen LogP contribution < -0.4 is 5.32 Å². The molecule has 0 radical (unpaired) electrons. The van der Waals surface area contributed by atoms with E-state index in [4.69, 9.17) is 0 Å². The third-order valence-corrected chi connectivity index (χ3v) is 1.77. The maximum Gasteiger partial charge on any atom is 0.245 e. The molecule has 0 bridgehead atoms. The molecule has 1 aromatic carbocycles. The Hall–Kier alpha value is -1.94. The summed E-state index contributed by atoms with van der Waals surface area (Å²) in [6.45, 7) is 3.21. The molecule has 4 heteroatoms. The van der Waals surface area contributed by atoms with Crippen molar-refractivity contribution in [1.29, 1.82) is 0 Å². The molecule has 1 aromatic rings. The molecule has 0 aliphatic carbocycles. The molecule has 0 saturated heterocycles. The number of amides is 1. The molecule has 4 nitrogen and oxygen atoms in total. The quantitative estimate of drug-likeness (QED) is 0.427. The van der Waals surface area contributed by atoms with Gasteiger partial charge in [0.2, 0.25) is 11.7 Å². The van der Waals surface area contributed by atoms with Crippen LogP contribution in [0.2, 0.25) is 0 Å². The van der Waals surface area contributed by atoms with E-state index in [1.165, 1.54) is 0 Å². The molecule has 1 atom stereocenters. The number of hydrogen-bond donors (Lipinski definition) is 2. The van der Waals surface area contributed by atoms with Gasteiger partial charge >= 0.3 is 0 Å². The van der Waals surface area contributed by atoms with Crippen LogP contribution in [0.1, 0.15) is 10.4 Å². The Labute approximate surface area is 87.2 Å². The molecule has 0 fully saturated rings. The van der Waals surface area contributed by atoms with E-state index >= 15 is 0 Å². The molecule has 1 amide bonds. The summed E-state index contributed by atoms with van der Waals surface area (Å²) in [4.78, 5) is 22.3. The summed E-state index contributed by atoms with van der Waals surface area (Å²) in [5.74, 6) is -1.14. The van der Waals surface area contributed by atoms with E-state index in [-0.39, 0.29) is 0 Å². The summed E-state index contributed by atoms with van der Waals surface area (Å²) >= 11 is 0. The molecule has 0 aromatic heterocycles. The Balaban J connectivity index is 2.69. The van der Waals surface area contributed by atoms with Crippen LogP contribution in [-0.2, 0) is 4.79 Å². The highest BCUT2D eigenvalue weighted by Gasteiger charge is 2.17. The second-order valence-corrected chi connectivity index (χ2v) is 2.85. The highest BCUT2D eigenvalue weighted by Crippen LogP contribution is 2.01. The number of hydrogen-bond acceptors (Lipinski definition) is 3. The Morgan fingerprint density at radius 2 is 1.93 bits per heavy atom. The third-order valence-electron chi connectivity index (χ3n) is 1.77. The average molecular weight is 205 g/mol. The fraction of sp³-hybridized carbons (Fsp3) is 0.0909. The molecule has 0 heterocycles. The van der Waals surface area contributed by atoms with Crippen molar-refractivity contribution < 1.29 is 14.7 Å². The maximum atomic E-state index is 11.5. The first-order chi connectivity index (χ1) is 7.15. The topological polar surface area (TPSA) is 66.4 Å². The first kappa shape index (κ1) is 11.1. The van der Waals surface area contributed by atoms with Gasteiger partial charge < -0.3 is 10.4 Å². The predicted molar refractivity (Wildman–Crippen MR) is 55.1 cm³/mol. The number of aliphatic hydroxyl groups excluding tert-OH is 1. The fourth-order valence-corrected chi connectivity index (χ4v) is 1.02. The Bertz CT molecular complexity index is 373. The molecule has 2 N–H and O–H groups in total. The maximum absolute atomic E-state index is 11.5. The monoisotopic (exact) mass is 205 g/mol. The highest BCUT2D eigenvalue weighted by atomic mass is 16.3. The zero-order chi connectivity index (χ0) is 11.3. The van der Waals surface area contributed by atoms with Gasteiger partial charge in [-0.2, -0.15) is 0 Å². The van der Waals surface area contributed by atoms with E-state index in [9.17, 15) is 14.7 Å². The van der Waals surface area contributed by atoms with E-state index in [0.717, 1.165) is 6.08 Å². The second-order valence-electron chi connectivity index (χ2n) is 2.85. The summed E-state index contributed by atoms with van der Waals surface area (Å²) in [7, 11) is 0. The number of carbonyl (C=O) groups excluding carboxylic acids is 2. The van der Waals surface area contributed by atoms with Gasteiger partial charge in [0.25, 0.3) is 0 Å². The Kier molecular flexibility index (Phi) is 3.76. The van der Waals surface area contributed by atoms with Gasteiger partial charge in [0.05, 0.1) is 0 Å². The number of ketones is 1. The largest absolute Gasteiger partial charge is 0.367 e. The van der Waals surface area contributed by atoms with Gasteiger partial charge in [-0.15, -0.1) is 0 Å². The van der Waals surface area contributed by atoms with Gasteiger partial charge in [-0.25, -0.2) is 0 Å². The summed E-state index contributed by atoms with van der Waals surface area (Å²) in [6, 6.07) is 8.23. The van der Waals surface area contributed by atoms with Gasteiger partial charge in [-0.1, -0.05) is 36.9 Å². The van der Waals surface area contributed by atoms with Crippen molar-refractivity contribution in [1.82, 2.24) is 5.32 Å². The first-order valence-corrected chi connectivity index (χ1v) is 4.35. The Morgan fingerprint density at radius 1 is 1.33 bits per heavy atom. The van der Waals surface area contributed by atoms with E-state index in [2.05, 4.69) is 11.9 Å². The van der Waals surface area contributed by atoms with Gasteiger partial charge in [-0.05, 0) is 6.08 Å². The van der Waals surface area contributed by atoms with E-state index < -0.39 is 17.9 Å². The summed E-state index contributed by atoms with van der Waals surface area (Å²) < 4.78 is 0. The summed E-state index contributed by atoms with van der Waals surface area (Å²) in [5.41, 5.74) is 0.342. The van der Waals surface area contributed by atoms with Crippen LogP contribution in [0.5, 0.6) is 0 Å². The van der Waals surface area contributed by atoms with Gasteiger partial charge in [0, 0.05) is 5.56 Å². The molecule has 1 rings (SSSR count). The first-order valence-electron chi connectivity index (χ1n) is 4.35. The number of Topliss-reactive ketones (excluding diaryl/α,β-unsaturated/α-hetero) is 1.